The van der Waals surface area contributed by atoms with Gasteiger partial charge in [0, 0.05) is 12.6 Å². The van der Waals surface area contributed by atoms with Gasteiger partial charge in [-0.05, 0) is 34.1 Å². The van der Waals surface area contributed by atoms with E-state index >= 15 is 0 Å². The van der Waals surface area contributed by atoms with E-state index < -0.39 is 41.0 Å². The van der Waals surface area contributed by atoms with Crippen LogP contribution < -0.4 is 10.1 Å². The Morgan fingerprint density at radius 3 is 2.19 bits per heavy atom. The van der Waals surface area contributed by atoms with E-state index in [1.807, 2.05) is 0 Å². The zero-order valence-electron chi connectivity index (χ0n) is 13.2. The zero-order valence-corrected chi connectivity index (χ0v) is 15.5. The summed E-state index contributed by atoms with van der Waals surface area (Å²) in [5.41, 5.74) is -1.69. The molecule has 0 aliphatic heterocycles. The van der Waals surface area contributed by atoms with Gasteiger partial charge in [-0.3, -0.25) is 0 Å². The van der Waals surface area contributed by atoms with Crippen molar-refractivity contribution in [1.29, 1.82) is 0 Å². The highest BCUT2D eigenvalue weighted by Crippen LogP contribution is 2.38. The molecule has 2 rings (SSSR count). The van der Waals surface area contributed by atoms with Crippen LogP contribution in [-0.2, 0) is 6.18 Å². The first-order valence-corrected chi connectivity index (χ1v) is 8.56. The maximum absolute atomic E-state index is 13.9. The van der Waals surface area contributed by atoms with Crippen LogP contribution in [-0.4, -0.2) is 23.6 Å². The van der Waals surface area contributed by atoms with Crippen molar-refractivity contribution >= 4 is 33.2 Å². The molecule has 2 aromatic carbocycles. The molecule has 0 heterocycles. The molecule has 0 amide bonds. The Labute approximate surface area is 163 Å². The third-order valence-electron chi connectivity index (χ3n) is 3.27. The normalized spacial score (nSPS) is 12.8. The summed E-state index contributed by atoms with van der Waals surface area (Å²) in [6.07, 6.45) is -5.92. The van der Waals surface area contributed by atoms with Gasteiger partial charge in [-0.25, -0.2) is 13.2 Å². The van der Waals surface area contributed by atoms with Gasteiger partial charge >= 0.3 is 6.18 Å². The van der Waals surface area contributed by atoms with E-state index in [1.54, 1.807) is 0 Å². The summed E-state index contributed by atoms with van der Waals surface area (Å²) in [6, 6.07) is 2.12. The third kappa shape index (κ3) is 5.43. The topological polar surface area (TPSA) is 41.5 Å². The molecule has 0 aromatic heterocycles. The molecule has 0 bridgehead atoms. The number of nitrogens with one attached hydrogen (secondary N) is 1. The number of aliphatic hydroxyl groups is 1. The van der Waals surface area contributed by atoms with Crippen LogP contribution in [0.4, 0.5) is 32.0 Å². The van der Waals surface area contributed by atoms with Gasteiger partial charge in [-0.1, -0.05) is 0 Å². The Hall–Kier alpha value is -1.65. The summed E-state index contributed by atoms with van der Waals surface area (Å²) in [6.45, 7) is -0.121. The Kier molecular flexibility index (Phi) is 6.87. The molecule has 1 unspecified atom stereocenters. The van der Waals surface area contributed by atoms with Crippen molar-refractivity contribution in [3.8, 4) is 11.5 Å². The summed E-state index contributed by atoms with van der Waals surface area (Å²) in [4.78, 5) is 0. The Morgan fingerprint density at radius 2 is 1.67 bits per heavy atom. The molecular formula is C16H11BrClF6NO2. The van der Waals surface area contributed by atoms with Gasteiger partial charge in [0.05, 0.1) is 27.7 Å². The highest BCUT2D eigenvalue weighted by atomic mass is 79.9. The van der Waals surface area contributed by atoms with Crippen molar-refractivity contribution in [1.82, 2.24) is 0 Å². The predicted molar refractivity (Wildman–Crippen MR) is 90.8 cm³/mol. The second-order valence-electron chi connectivity index (χ2n) is 5.32. The lowest BCUT2D eigenvalue weighted by Gasteiger charge is -2.15. The first-order chi connectivity index (χ1) is 12.5. The second-order valence-corrected chi connectivity index (χ2v) is 6.48. The summed E-state index contributed by atoms with van der Waals surface area (Å²) in [5.74, 6) is -5.39. The van der Waals surface area contributed by atoms with Crippen molar-refractivity contribution in [2.75, 3.05) is 17.7 Å². The predicted octanol–water partition coefficient (Wildman–Crippen LogP) is 5.69. The quantitative estimate of drug-likeness (QED) is 0.414. The van der Waals surface area contributed by atoms with Crippen molar-refractivity contribution in [2.45, 2.75) is 12.3 Å². The first kappa shape index (κ1) is 21.6. The van der Waals surface area contributed by atoms with Crippen LogP contribution in [0.25, 0.3) is 0 Å². The van der Waals surface area contributed by atoms with E-state index in [4.69, 9.17) is 16.3 Å². The number of hydrogen-bond donors (Lipinski definition) is 2. The molecule has 0 spiro atoms. The van der Waals surface area contributed by atoms with Crippen LogP contribution in [0.2, 0.25) is 0 Å². The molecule has 27 heavy (non-hydrogen) atoms. The molecule has 0 saturated carbocycles. The average Bonchev–Trinajstić information content (AvgIpc) is 2.57. The highest BCUT2D eigenvalue weighted by molar-refractivity contribution is 9.10. The summed E-state index contributed by atoms with van der Waals surface area (Å²) < 4.78 is 84.5. The lowest BCUT2D eigenvalue weighted by Crippen LogP contribution is -2.21. The number of benzene rings is 2. The largest absolute Gasteiger partial charge is 0.450 e. The lowest BCUT2D eigenvalue weighted by atomic mass is 10.2. The molecule has 11 heteroatoms. The monoisotopic (exact) mass is 477 g/mol. The third-order valence-corrected chi connectivity index (χ3v) is 4.24. The fourth-order valence-electron chi connectivity index (χ4n) is 1.96. The van der Waals surface area contributed by atoms with Crippen molar-refractivity contribution < 1.29 is 36.2 Å². The van der Waals surface area contributed by atoms with Crippen molar-refractivity contribution in [3.63, 3.8) is 0 Å². The molecule has 2 N–H and O–H groups in total. The van der Waals surface area contributed by atoms with E-state index in [2.05, 4.69) is 21.2 Å². The second kappa shape index (κ2) is 8.57. The molecule has 0 aliphatic carbocycles. The van der Waals surface area contributed by atoms with Crippen LogP contribution in [0, 0.1) is 17.5 Å². The van der Waals surface area contributed by atoms with Gasteiger partial charge < -0.3 is 15.2 Å². The van der Waals surface area contributed by atoms with Crippen LogP contribution in [0.1, 0.15) is 5.56 Å². The lowest BCUT2D eigenvalue weighted by molar-refractivity contribution is -0.138. The smallest absolute Gasteiger partial charge is 0.416 e. The zero-order chi connectivity index (χ0) is 20.4. The minimum Gasteiger partial charge on any atom is -0.450 e. The Bertz CT molecular complexity index is 810. The van der Waals surface area contributed by atoms with Gasteiger partial charge in [-0.2, -0.15) is 13.2 Å². The van der Waals surface area contributed by atoms with Crippen LogP contribution in [0.15, 0.2) is 28.7 Å². The standard InChI is InChI=1S/C16H11BrClF6NO2/c17-9-3-10(19)13(25-6-8(26)5-18)4-14(9)27-15-11(20)1-7(2-12(15)21)16(22,23)24/h1-4,8,25-26H,5-6H2. The van der Waals surface area contributed by atoms with E-state index in [-0.39, 0.29) is 40.5 Å². The van der Waals surface area contributed by atoms with E-state index in [1.165, 1.54) is 0 Å². The number of ether oxygens (including phenoxy) is 1. The number of halogens is 8. The van der Waals surface area contributed by atoms with Crippen LogP contribution in [0.5, 0.6) is 11.5 Å². The highest BCUT2D eigenvalue weighted by Gasteiger charge is 2.33. The summed E-state index contributed by atoms with van der Waals surface area (Å²) >= 11 is 8.36. The molecule has 148 valence electrons. The Morgan fingerprint density at radius 1 is 1.07 bits per heavy atom. The number of anilines is 1. The van der Waals surface area contributed by atoms with Crippen LogP contribution >= 0.6 is 27.5 Å². The average molecular weight is 479 g/mol. The Balaban J connectivity index is 2.34. The van der Waals surface area contributed by atoms with E-state index in [0.29, 0.717) is 0 Å². The molecule has 0 saturated heterocycles. The van der Waals surface area contributed by atoms with Gasteiger partial charge in [0.15, 0.2) is 17.4 Å². The van der Waals surface area contributed by atoms with Gasteiger partial charge in [0.25, 0.3) is 0 Å². The number of hydrogen-bond acceptors (Lipinski definition) is 3. The van der Waals surface area contributed by atoms with Crippen molar-refractivity contribution in [3.05, 3.63) is 51.8 Å². The molecule has 0 fully saturated rings. The molecule has 3 nitrogen and oxygen atoms in total. The van der Waals surface area contributed by atoms with Crippen molar-refractivity contribution in [2.24, 2.45) is 0 Å². The minimum atomic E-state index is -4.93. The van der Waals surface area contributed by atoms with E-state index in [0.717, 1.165) is 12.1 Å². The van der Waals surface area contributed by atoms with Crippen LogP contribution in [0.3, 0.4) is 0 Å². The SMILES string of the molecule is OC(CCl)CNc1cc(Oc2c(F)cc(C(F)(F)F)cc2F)c(Br)cc1F. The number of alkyl halides is 4. The fourth-order valence-corrected chi connectivity index (χ4v) is 2.46. The van der Waals surface area contributed by atoms with Gasteiger partial charge in [0.1, 0.15) is 11.6 Å². The summed E-state index contributed by atoms with van der Waals surface area (Å²) in [7, 11) is 0. The molecule has 0 aliphatic rings. The maximum Gasteiger partial charge on any atom is 0.416 e. The van der Waals surface area contributed by atoms with Gasteiger partial charge in [-0.15, -0.1) is 11.6 Å². The fraction of sp³-hybridized carbons (Fsp3) is 0.250. The number of aliphatic hydroxyl groups excluding tert-OH is 1. The first-order valence-electron chi connectivity index (χ1n) is 7.24. The molecule has 2 aromatic rings. The number of rotatable bonds is 6. The van der Waals surface area contributed by atoms with E-state index in [9.17, 15) is 31.4 Å². The molecule has 1 atom stereocenters. The molecule has 0 radical (unpaired) electrons. The molecular weight excluding hydrogens is 468 g/mol. The maximum atomic E-state index is 13.9. The summed E-state index contributed by atoms with van der Waals surface area (Å²) in [5, 5.41) is 11.9. The van der Waals surface area contributed by atoms with Gasteiger partial charge in [0.2, 0.25) is 0 Å². The minimum absolute atomic E-state index is 0.0397.